The van der Waals surface area contributed by atoms with Crippen molar-refractivity contribution in [1.82, 2.24) is 39.4 Å². The minimum Gasteiger partial charge on any atom is -0.473 e. The second kappa shape index (κ2) is 14.2. The Kier molecular flexibility index (Phi) is 9.47. The largest absolute Gasteiger partial charge is 0.473 e. The summed E-state index contributed by atoms with van der Waals surface area (Å²) in [5.74, 6) is 1.06. The molecule has 6 heterocycles. The molecule has 2 aliphatic rings. The van der Waals surface area contributed by atoms with Crippen LogP contribution in [0.3, 0.4) is 0 Å². The van der Waals surface area contributed by atoms with Crippen LogP contribution >= 0.6 is 11.6 Å². The van der Waals surface area contributed by atoms with Gasteiger partial charge in [0.1, 0.15) is 30.1 Å². The Morgan fingerprint density at radius 1 is 1.08 bits per heavy atom. The summed E-state index contributed by atoms with van der Waals surface area (Å²) in [6.45, 7) is 5.59. The number of aromatic nitrogens is 7. The summed E-state index contributed by atoms with van der Waals surface area (Å²) in [4.78, 5) is 40.6. The number of pyridine rings is 1. The van der Waals surface area contributed by atoms with Gasteiger partial charge < -0.3 is 20.2 Å². The van der Waals surface area contributed by atoms with E-state index in [0.29, 0.717) is 51.8 Å². The van der Waals surface area contributed by atoms with E-state index in [-0.39, 0.29) is 18.5 Å². The number of nitrogens with two attached hydrogens (primary N) is 1. The Balaban J connectivity index is 0.000000695. The minimum atomic E-state index is -0.399. The fourth-order valence-corrected chi connectivity index (χ4v) is 6.03. The number of hydrogen-bond acceptors (Lipinski definition) is 10. The number of piperidine rings is 1. The molecule has 0 unspecified atom stereocenters. The predicted octanol–water partition coefficient (Wildman–Crippen LogP) is 5.91. The van der Waals surface area contributed by atoms with Gasteiger partial charge in [-0.2, -0.15) is 4.98 Å². The number of fused-ring (bicyclic) bond motifs is 2. The van der Waals surface area contributed by atoms with Gasteiger partial charge in [0.05, 0.1) is 29.9 Å². The molecule has 0 aliphatic carbocycles. The second-order valence-corrected chi connectivity index (χ2v) is 12.7. The number of halogens is 2. The zero-order valence-corrected chi connectivity index (χ0v) is 27.6. The third kappa shape index (κ3) is 7.53. The van der Waals surface area contributed by atoms with Crippen LogP contribution < -0.4 is 10.5 Å². The molecule has 0 spiro atoms. The molecule has 2 aliphatic heterocycles. The SMILES string of the molecule is C[C@@H]1CCO1.Nc1ncc2c(ncn2C(=O)c2ccc3nc(CN4CCC(c5cccc(OCc6ccc(Cl)cc6F)n5)CC4)[nH]c3c2)n1. The Labute approximate surface area is 286 Å². The number of likely N-dealkylation sites (tertiary alicyclic amines) is 1. The van der Waals surface area contributed by atoms with Gasteiger partial charge in [0.2, 0.25) is 11.8 Å². The molecule has 49 heavy (non-hydrogen) atoms. The Morgan fingerprint density at radius 2 is 1.90 bits per heavy atom. The molecule has 0 amide bonds. The highest BCUT2D eigenvalue weighted by molar-refractivity contribution is 6.30. The Hall–Kier alpha value is -4.98. The lowest BCUT2D eigenvalue weighted by Gasteiger charge is -2.31. The number of nitrogens with one attached hydrogen (secondary N) is 1. The number of ether oxygens (including phenoxy) is 2. The van der Waals surface area contributed by atoms with Crippen LogP contribution in [0.25, 0.3) is 22.2 Å². The predicted molar refractivity (Wildman–Crippen MR) is 183 cm³/mol. The number of imidazole rings is 2. The Morgan fingerprint density at radius 3 is 2.65 bits per heavy atom. The lowest BCUT2D eigenvalue weighted by molar-refractivity contribution is -0.0375. The first kappa shape index (κ1) is 32.6. The van der Waals surface area contributed by atoms with Crippen molar-refractivity contribution in [3.8, 4) is 5.88 Å². The molecule has 2 aromatic carbocycles. The standard InChI is InChI=1S/C31H27ClFN9O2.C4H8O/c32-21-6-4-20(22(33)13-21)16-44-28-3-1-2-23(39-28)18-8-10-41(11-9-18)15-27-37-24-7-5-19(12-25(24)38-27)30(43)42-17-36-29-26(42)14-35-31(34)40-29;1-4-2-3-5-4/h1-7,12-14,17-18H,8-11,15-16H2,(H,37,38)(H2,34,35,40);4H,2-3H2,1H3/t;4-/m.1/s1. The molecule has 0 saturated carbocycles. The number of carbonyl (C=O) groups is 1. The summed E-state index contributed by atoms with van der Waals surface area (Å²) in [7, 11) is 0. The maximum atomic E-state index is 14.1. The van der Waals surface area contributed by atoms with Crippen molar-refractivity contribution in [2.75, 3.05) is 25.4 Å². The van der Waals surface area contributed by atoms with Gasteiger partial charge in [-0.05, 0) is 75.7 Å². The van der Waals surface area contributed by atoms with Crippen LogP contribution in [0, 0.1) is 5.82 Å². The number of nitrogen functional groups attached to an aromatic ring is 1. The summed E-state index contributed by atoms with van der Waals surface area (Å²) in [6, 6.07) is 15.7. The van der Waals surface area contributed by atoms with Crippen LogP contribution in [0.15, 0.2) is 67.1 Å². The zero-order valence-electron chi connectivity index (χ0n) is 26.9. The third-order valence-electron chi connectivity index (χ3n) is 8.76. The van der Waals surface area contributed by atoms with Crippen molar-refractivity contribution in [2.24, 2.45) is 0 Å². The van der Waals surface area contributed by atoms with E-state index in [0.717, 1.165) is 55.1 Å². The monoisotopic (exact) mass is 683 g/mol. The van der Waals surface area contributed by atoms with Crippen LogP contribution in [-0.2, 0) is 17.9 Å². The van der Waals surface area contributed by atoms with Gasteiger partial charge in [-0.1, -0.05) is 23.7 Å². The number of anilines is 1. The van der Waals surface area contributed by atoms with Gasteiger partial charge in [0.15, 0.2) is 5.65 Å². The average molecular weight is 684 g/mol. The molecule has 252 valence electrons. The molecule has 4 aromatic heterocycles. The molecular weight excluding hydrogens is 649 g/mol. The molecule has 0 bridgehead atoms. The van der Waals surface area contributed by atoms with Gasteiger partial charge in [-0.15, -0.1) is 0 Å². The number of aromatic amines is 1. The van der Waals surface area contributed by atoms with E-state index in [4.69, 9.17) is 36.8 Å². The van der Waals surface area contributed by atoms with Crippen molar-refractivity contribution < 1.29 is 18.7 Å². The van der Waals surface area contributed by atoms with Crippen molar-refractivity contribution in [3.05, 3.63) is 101 Å². The number of nitrogens with zero attached hydrogens (tertiary/aromatic N) is 7. The maximum absolute atomic E-state index is 14.1. The quantitative estimate of drug-likeness (QED) is 0.208. The van der Waals surface area contributed by atoms with E-state index in [2.05, 4.69) is 31.8 Å². The summed E-state index contributed by atoms with van der Waals surface area (Å²) >= 11 is 5.84. The average Bonchev–Trinajstić information content (AvgIpc) is 3.70. The topological polar surface area (TPSA) is 150 Å². The normalized spacial score (nSPS) is 16.7. The molecule has 14 heteroatoms. The summed E-state index contributed by atoms with van der Waals surface area (Å²) < 4.78 is 26.2. The van der Waals surface area contributed by atoms with Crippen LogP contribution in [0.4, 0.5) is 10.3 Å². The van der Waals surface area contributed by atoms with E-state index in [1.165, 1.54) is 29.6 Å². The highest BCUT2D eigenvalue weighted by atomic mass is 35.5. The van der Waals surface area contributed by atoms with Crippen molar-refractivity contribution >= 4 is 45.7 Å². The fourth-order valence-electron chi connectivity index (χ4n) is 5.87. The van der Waals surface area contributed by atoms with Gasteiger partial charge in [0.25, 0.3) is 5.91 Å². The number of carbonyl (C=O) groups excluding carboxylic acids is 1. The molecule has 12 nitrogen and oxygen atoms in total. The second-order valence-electron chi connectivity index (χ2n) is 12.2. The van der Waals surface area contributed by atoms with Gasteiger partial charge >= 0.3 is 0 Å². The van der Waals surface area contributed by atoms with Gasteiger partial charge in [-0.25, -0.2) is 24.3 Å². The molecular formula is C35H35ClFN9O3. The first-order valence-corrected chi connectivity index (χ1v) is 16.5. The van der Waals surface area contributed by atoms with E-state index < -0.39 is 5.82 Å². The van der Waals surface area contributed by atoms with Gasteiger partial charge in [-0.3, -0.25) is 14.3 Å². The van der Waals surface area contributed by atoms with Crippen LogP contribution in [-0.4, -0.2) is 71.1 Å². The van der Waals surface area contributed by atoms with E-state index in [9.17, 15) is 9.18 Å². The van der Waals surface area contributed by atoms with E-state index in [1.54, 1.807) is 30.3 Å². The highest BCUT2D eigenvalue weighted by Gasteiger charge is 2.23. The van der Waals surface area contributed by atoms with Gasteiger partial charge in [0, 0.05) is 40.4 Å². The van der Waals surface area contributed by atoms with Crippen molar-refractivity contribution in [1.29, 1.82) is 0 Å². The van der Waals surface area contributed by atoms with Crippen LogP contribution in [0.2, 0.25) is 5.02 Å². The zero-order chi connectivity index (χ0) is 33.9. The molecule has 6 aromatic rings. The molecule has 0 radical (unpaired) electrons. The maximum Gasteiger partial charge on any atom is 0.263 e. The van der Waals surface area contributed by atoms with Crippen molar-refractivity contribution in [3.63, 3.8) is 0 Å². The smallest absolute Gasteiger partial charge is 0.263 e. The molecule has 2 fully saturated rings. The van der Waals surface area contributed by atoms with Crippen molar-refractivity contribution in [2.45, 2.75) is 51.4 Å². The third-order valence-corrected chi connectivity index (χ3v) is 9.00. The molecule has 8 rings (SSSR count). The van der Waals surface area contributed by atoms with Crippen LogP contribution in [0.1, 0.15) is 59.5 Å². The lowest BCUT2D eigenvalue weighted by atomic mass is 9.93. The number of benzene rings is 2. The molecule has 1 atom stereocenters. The first-order chi connectivity index (χ1) is 23.8. The van der Waals surface area contributed by atoms with E-state index >= 15 is 0 Å². The molecule has 3 N–H and O–H groups in total. The highest BCUT2D eigenvalue weighted by Crippen LogP contribution is 2.29. The summed E-state index contributed by atoms with van der Waals surface area (Å²) in [5, 5.41) is 0.349. The number of H-pyrrole nitrogens is 1. The van der Waals surface area contributed by atoms with E-state index in [1.807, 2.05) is 18.2 Å². The fraction of sp³-hybridized carbons (Fsp3) is 0.314. The Bertz CT molecular complexity index is 2110. The van der Waals surface area contributed by atoms with Crippen LogP contribution in [0.5, 0.6) is 5.88 Å². The minimum absolute atomic E-state index is 0.0794. The lowest BCUT2D eigenvalue weighted by Crippen LogP contribution is -2.33. The summed E-state index contributed by atoms with van der Waals surface area (Å²) in [6.07, 6.45) is 6.62. The number of rotatable bonds is 7. The number of hydrogen-bond donors (Lipinski definition) is 2. The summed E-state index contributed by atoms with van der Waals surface area (Å²) in [5.41, 5.74) is 9.94. The first-order valence-electron chi connectivity index (χ1n) is 16.2. The molecule has 2 saturated heterocycles.